The van der Waals surface area contributed by atoms with Crippen molar-refractivity contribution in [3.63, 3.8) is 0 Å². The minimum Gasteiger partial charge on any atom is -0.462 e. The lowest BCUT2D eigenvalue weighted by atomic mass is 9.42. The van der Waals surface area contributed by atoms with Crippen LogP contribution in [0.25, 0.3) is 0 Å². The summed E-state index contributed by atoms with van der Waals surface area (Å²) in [6.45, 7) is 8.33. The predicted octanol–water partition coefficient (Wildman–Crippen LogP) is 2.36. The van der Waals surface area contributed by atoms with Crippen molar-refractivity contribution in [1.82, 2.24) is 4.90 Å². The van der Waals surface area contributed by atoms with E-state index < -0.39 is 118 Å². The number of carbonyl (C=O) groups is 5. The second-order valence-electron chi connectivity index (χ2n) is 16.1. The highest BCUT2D eigenvalue weighted by Crippen LogP contribution is 2.81. The Balaban J connectivity index is 1.60. The fourth-order valence-corrected chi connectivity index (χ4v) is 13.4. The van der Waals surface area contributed by atoms with Gasteiger partial charge in [0.05, 0.1) is 24.4 Å². The fraction of sp³-hybridized carbons (Fsp3) is 0.725. The Kier molecular flexibility index (Phi) is 10.1. The van der Waals surface area contributed by atoms with E-state index in [1.807, 2.05) is 6.92 Å². The fourth-order valence-electron chi connectivity index (χ4n) is 13.4. The Morgan fingerprint density at radius 3 is 1.96 bits per heavy atom. The first kappa shape index (κ1) is 39.6. The van der Waals surface area contributed by atoms with Crippen LogP contribution in [0.5, 0.6) is 0 Å². The summed E-state index contributed by atoms with van der Waals surface area (Å²) in [5, 5.41) is 0. The van der Waals surface area contributed by atoms with Crippen molar-refractivity contribution in [2.75, 3.05) is 48.1 Å². The SMILES string of the molecule is CCN1CC2(COC)C(OC(C)=O)CC(OC)C34C5CC6(OC(C)=O)C(OC)C(OC(C)=O)C(OC(C)=O)(C5C6OC(=O)c5ccccc5)C(C(OC)C23)C14. The second-order valence-corrected chi connectivity index (χ2v) is 16.1. The van der Waals surface area contributed by atoms with Crippen LogP contribution in [-0.4, -0.2) is 137 Å². The molecule has 1 aromatic carbocycles. The number of esters is 5. The van der Waals surface area contributed by atoms with E-state index in [1.165, 1.54) is 34.8 Å². The summed E-state index contributed by atoms with van der Waals surface area (Å²) in [6, 6.07) is 7.98. The van der Waals surface area contributed by atoms with Gasteiger partial charge in [0.15, 0.2) is 23.4 Å². The van der Waals surface area contributed by atoms with Gasteiger partial charge in [0.1, 0.15) is 12.2 Å². The molecule has 6 aliphatic rings. The predicted molar refractivity (Wildman–Crippen MR) is 189 cm³/mol. The van der Waals surface area contributed by atoms with Gasteiger partial charge in [0.2, 0.25) is 0 Å². The van der Waals surface area contributed by atoms with E-state index >= 15 is 0 Å². The maximum Gasteiger partial charge on any atom is 0.338 e. The zero-order chi connectivity index (χ0) is 39.8. The number of methoxy groups -OCH3 is 4. The number of nitrogens with zero attached hydrogens (tertiary/aromatic N) is 1. The van der Waals surface area contributed by atoms with Crippen molar-refractivity contribution in [1.29, 1.82) is 0 Å². The molecule has 5 saturated carbocycles. The van der Waals surface area contributed by atoms with Crippen molar-refractivity contribution in [2.45, 2.75) is 101 Å². The Labute approximate surface area is 320 Å². The van der Waals surface area contributed by atoms with E-state index in [2.05, 4.69) is 4.90 Å². The molecule has 7 bridgehead atoms. The standard InChI is InChI=1S/C40H53NO14/c1-10-41-18-37(19-47-6)26(51-20(2)42)16-27(48-7)39-25-17-38(54-22(4)44)33(53-36(46)24-14-12-11-13-15-24)28(25)40(55-23(5)45,35(34(38)50-9)52-21(3)43)29(32(39)41)30(49-8)31(37)39/h11-15,25-35H,10,16-19H2,1-9H3. The number of fused-ring (bicyclic) bond motifs is 2. The van der Waals surface area contributed by atoms with Gasteiger partial charge in [0.25, 0.3) is 0 Å². The summed E-state index contributed by atoms with van der Waals surface area (Å²) in [6.07, 6.45) is -5.56. The molecule has 7 rings (SSSR count). The molecule has 15 heteroatoms. The number of ether oxygens (including phenoxy) is 9. The van der Waals surface area contributed by atoms with Crippen LogP contribution in [0, 0.1) is 34.5 Å². The molecule has 1 saturated heterocycles. The van der Waals surface area contributed by atoms with Gasteiger partial charge >= 0.3 is 29.8 Å². The highest BCUT2D eigenvalue weighted by Gasteiger charge is 2.93. The van der Waals surface area contributed by atoms with E-state index in [0.717, 1.165) is 0 Å². The number of likely N-dealkylation sites (tertiary alicyclic amines) is 1. The highest BCUT2D eigenvalue weighted by atomic mass is 16.7. The molecule has 15 atom stereocenters. The summed E-state index contributed by atoms with van der Waals surface area (Å²) in [5.74, 6) is -5.98. The molecule has 0 radical (unpaired) electrons. The molecule has 55 heavy (non-hydrogen) atoms. The van der Waals surface area contributed by atoms with E-state index in [1.54, 1.807) is 51.7 Å². The zero-order valence-electron chi connectivity index (χ0n) is 32.9. The first-order valence-corrected chi connectivity index (χ1v) is 19.0. The van der Waals surface area contributed by atoms with Gasteiger partial charge < -0.3 is 42.6 Å². The molecule has 0 aromatic heterocycles. The number of hydrogen-bond acceptors (Lipinski definition) is 15. The van der Waals surface area contributed by atoms with Gasteiger partial charge in [0, 0.05) is 104 Å². The van der Waals surface area contributed by atoms with Gasteiger partial charge in [-0.15, -0.1) is 0 Å². The minimum atomic E-state index is -1.77. The number of hydrogen-bond donors (Lipinski definition) is 0. The topological polar surface area (TPSA) is 172 Å². The molecular weight excluding hydrogens is 718 g/mol. The monoisotopic (exact) mass is 771 g/mol. The smallest absolute Gasteiger partial charge is 0.338 e. The summed E-state index contributed by atoms with van der Waals surface area (Å²) in [4.78, 5) is 69.8. The average Bonchev–Trinajstić information content (AvgIpc) is 3.51. The van der Waals surface area contributed by atoms with Crippen LogP contribution in [-0.2, 0) is 61.8 Å². The molecule has 302 valence electrons. The Morgan fingerprint density at radius 2 is 1.42 bits per heavy atom. The molecule has 6 fully saturated rings. The van der Waals surface area contributed by atoms with Gasteiger partial charge in [-0.05, 0) is 31.0 Å². The maximum absolute atomic E-state index is 14.2. The number of carbonyl (C=O) groups excluding carboxylic acids is 5. The Bertz CT molecular complexity index is 1710. The molecule has 0 N–H and O–H groups in total. The lowest BCUT2D eigenvalue weighted by molar-refractivity contribution is -0.325. The molecule has 15 unspecified atom stereocenters. The third-order valence-corrected chi connectivity index (χ3v) is 14.0. The Morgan fingerprint density at radius 1 is 0.745 bits per heavy atom. The Hall–Kier alpha value is -3.63. The van der Waals surface area contributed by atoms with Gasteiger partial charge in [-0.2, -0.15) is 0 Å². The first-order valence-electron chi connectivity index (χ1n) is 19.0. The molecule has 15 nitrogen and oxygen atoms in total. The van der Waals surface area contributed by atoms with Crippen LogP contribution in [0.15, 0.2) is 30.3 Å². The molecule has 1 aliphatic heterocycles. The van der Waals surface area contributed by atoms with E-state index in [4.69, 9.17) is 42.6 Å². The number of benzene rings is 1. The van der Waals surface area contributed by atoms with Crippen LogP contribution < -0.4 is 0 Å². The third kappa shape index (κ3) is 5.21. The van der Waals surface area contributed by atoms with E-state index in [-0.39, 0.29) is 18.6 Å². The van der Waals surface area contributed by atoms with Crippen LogP contribution in [0.2, 0.25) is 0 Å². The highest BCUT2D eigenvalue weighted by molar-refractivity contribution is 5.89. The summed E-state index contributed by atoms with van der Waals surface area (Å²) >= 11 is 0. The van der Waals surface area contributed by atoms with Crippen molar-refractivity contribution in [3.8, 4) is 0 Å². The third-order valence-electron chi connectivity index (χ3n) is 14.0. The molecule has 0 amide bonds. The van der Waals surface area contributed by atoms with Crippen molar-refractivity contribution in [3.05, 3.63) is 35.9 Å². The molecule has 5 aliphatic carbocycles. The number of rotatable bonds is 12. The minimum absolute atomic E-state index is 0.0537. The van der Waals surface area contributed by atoms with Crippen LogP contribution >= 0.6 is 0 Å². The quantitative estimate of drug-likeness (QED) is 0.224. The summed E-state index contributed by atoms with van der Waals surface area (Å²) in [7, 11) is 6.23. The van der Waals surface area contributed by atoms with Crippen molar-refractivity contribution in [2.24, 2.45) is 34.5 Å². The zero-order valence-corrected chi connectivity index (χ0v) is 32.9. The van der Waals surface area contributed by atoms with Crippen LogP contribution in [0.3, 0.4) is 0 Å². The first-order chi connectivity index (χ1) is 26.2. The van der Waals surface area contributed by atoms with Gasteiger partial charge in [-0.1, -0.05) is 25.1 Å². The summed E-state index contributed by atoms with van der Waals surface area (Å²) in [5.41, 5.74) is -5.03. The van der Waals surface area contributed by atoms with E-state index in [9.17, 15) is 24.0 Å². The lowest BCUT2D eigenvalue weighted by Gasteiger charge is -2.70. The molecule has 1 aromatic rings. The van der Waals surface area contributed by atoms with Crippen LogP contribution in [0.1, 0.15) is 57.8 Å². The summed E-state index contributed by atoms with van der Waals surface area (Å²) < 4.78 is 57.9. The normalized spacial score (nSPS) is 43.3. The number of piperidine rings is 1. The second kappa shape index (κ2) is 14.1. The van der Waals surface area contributed by atoms with Crippen molar-refractivity contribution < 1.29 is 66.6 Å². The molecular formula is C40H53NO14. The molecule has 1 spiro atoms. The lowest BCUT2D eigenvalue weighted by Crippen LogP contribution is -2.82. The average molecular weight is 772 g/mol. The van der Waals surface area contributed by atoms with Gasteiger partial charge in [-0.3, -0.25) is 24.1 Å². The maximum atomic E-state index is 14.2. The van der Waals surface area contributed by atoms with Gasteiger partial charge in [-0.25, -0.2) is 4.79 Å². The van der Waals surface area contributed by atoms with E-state index in [0.29, 0.717) is 19.5 Å². The largest absolute Gasteiger partial charge is 0.462 e. The van der Waals surface area contributed by atoms with Crippen molar-refractivity contribution >= 4 is 29.8 Å². The van der Waals surface area contributed by atoms with Crippen LogP contribution in [0.4, 0.5) is 0 Å². The molecule has 1 heterocycles.